The van der Waals surface area contributed by atoms with E-state index in [1.165, 1.54) is 25.7 Å². The quantitative estimate of drug-likeness (QED) is 0.812. The minimum Gasteiger partial charge on any atom is -0.383 e. The van der Waals surface area contributed by atoms with Gasteiger partial charge in [-0.15, -0.1) is 0 Å². The average Bonchev–Trinajstić information content (AvgIpc) is 3.14. The molecule has 0 atom stereocenters. The van der Waals surface area contributed by atoms with Crippen LogP contribution >= 0.6 is 0 Å². The van der Waals surface area contributed by atoms with Crippen molar-refractivity contribution in [2.24, 2.45) is 5.92 Å². The van der Waals surface area contributed by atoms with E-state index in [9.17, 15) is 0 Å². The van der Waals surface area contributed by atoms with Crippen LogP contribution in [0.4, 0.5) is 11.6 Å². The lowest BCUT2D eigenvalue weighted by Crippen LogP contribution is -2.11. The van der Waals surface area contributed by atoms with Gasteiger partial charge in [-0.2, -0.15) is 0 Å². The van der Waals surface area contributed by atoms with E-state index in [2.05, 4.69) is 15.3 Å². The van der Waals surface area contributed by atoms with Crippen LogP contribution in [0.5, 0.6) is 0 Å². The minimum absolute atomic E-state index is 0.560. The Labute approximate surface area is 95.7 Å². The van der Waals surface area contributed by atoms with Crippen LogP contribution in [0.15, 0.2) is 0 Å². The molecule has 0 saturated heterocycles. The van der Waals surface area contributed by atoms with E-state index in [0.29, 0.717) is 11.7 Å². The standard InChI is InChI=1S/C12H18N4/c1-7-10(13)15-12(9-4-5-9)16-11(7)14-6-8-2-3-8/h8-9H,2-6H2,1H3,(H3,13,14,15,16). The van der Waals surface area contributed by atoms with Gasteiger partial charge in [0, 0.05) is 18.0 Å². The fourth-order valence-corrected chi connectivity index (χ4v) is 1.81. The number of nitrogen functional groups attached to an aromatic ring is 1. The number of aromatic nitrogens is 2. The van der Waals surface area contributed by atoms with E-state index in [4.69, 9.17) is 5.73 Å². The molecule has 2 fully saturated rings. The van der Waals surface area contributed by atoms with Gasteiger partial charge in [-0.1, -0.05) is 0 Å². The van der Waals surface area contributed by atoms with Crippen molar-refractivity contribution < 1.29 is 0 Å². The van der Waals surface area contributed by atoms with Crippen molar-refractivity contribution in [1.82, 2.24) is 9.97 Å². The molecule has 0 radical (unpaired) electrons. The Morgan fingerprint density at radius 3 is 2.62 bits per heavy atom. The molecule has 0 aromatic carbocycles. The van der Waals surface area contributed by atoms with Crippen LogP contribution in [0, 0.1) is 12.8 Å². The summed E-state index contributed by atoms with van der Waals surface area (Å²) in [7, 11) is 0. The Bertz CT molecular complexity index is 408. The molecular weight excluding hydrogens is 200 g/mol. The fourth-order valence-electron chi connectivity index (χ4n) is 1.81. The van der Waals surface area contributed by atoms with E-state index in [1.807, 2.05) is 6.92 Å². The smallest absolute Gasteiger partial charge is 0.136 e. The highest BCUT2D eigenvalue weighted by Gasteiger charge is 2.28. The second-order valence-electron chi connectivity index (χ2n) is 5.04. The Balaban J connectivity index is 1.81. The summed E-state index contributed by atoms with van der Waals surface area (Å²) in [6.07, 6.45) is 5.12. The zero-order valence-electron chi connectivity index (χ0n) is 9.66. The molecule has 1 aromatic rings. The third kappa shape index (κ3) is 1.96. The first-order valence-corrected chi connectivity index (χ1v) is 6.12. The van der Waals surface area contributed by atoms with Gasteiger partial charge >= 0.3 is 0 Å². The van der Waals surface area contributed by atoms with Gasteiger partial charge in [0.1, 0.15) is 17.5 Å². The summed E-state index contributed by atoms with van der Waals surface area (Å²) in [5.41, 5.74) is 6.91. The maximum Gasteiger partial charge on any atom is 0.136 e. The summed E-state index contributed by atoms with van der Waals surface area (Å²) in [4.78, 5) is 8.96. The zero-order chi connectivity index (χ0) is 11.1. The van der Waals surface area contributed by atoms with Crippen LogP contribution in [-0.4, -0.2) is 16.5 Å². The molecule has 0 unspecified atom stereocenters. The molecule has 2 saturated carbocycles. The first-order valence-electron chi connectivity index (χ1n) is 6.12. The Kier molecular flexibility index (Phi) is 2.23. The van der Waals surface area contributed by atoms with Gasteiger partial charge in [-0.3, -0.25) is 0 Å². The van der Waals surface area contributed by atoms with Crippen LogP contribution in [0.3, 0.4) is 0 Å². The molecule has 1 aromatic heterocycles. The number of hydrogen-bond donors (Lipinski definition) is 2. The Morgan fingerprint density at radius 1 is 1.25 bits per heavy atom. The first-order chi connectivity index (χ1) is 7.74. The van der Waals surface area contributed by atoms with Crippen LogP contribution in [0.2, 0.25) is 0 Å². The topological polar surface area (TPSA) is 63.8 Å². The average molecular weight is 218 g/mol. The molecule has 86 valence electrons. The Hall–Kier alpha value is -1.32. The molecule has 0 bridgehead atoms. The molecule has 2 aliphatic rings. The van der Waals surface area contributed by atoms with Gasteiger partial charge in [-0.25, -0.2) is 9.97 Å². The maximum atomic E-state index is 5.92. The number of hydrogen-bond acceptors (Lipinski definition) is 4. The lowest BCUT2D eigenvalue weighted by Gasteiger charge is -2.11. The number of rotatable bonds is 4. The van der Waals surface area contributed by atoms with Crippen molar-refractivity contribution in [2.45, 2.75) is 38.5 Å². The van der Waals surface area contributed by atoms with E-state index in [-0.39, 0.29) is 0 Å². The summed E-state index contributed by atoms with van der Waals surface area (Å²) in [6.45, 7) is 3.02. The zero-order valence-corrected chi connectivity index (χ0v) is 9.66. The second-order valence-corrected chi connectivity index (χ2v) is 5.04. The van der Waals surface area contributed by atoms with Crippen LogP contribution in [0.25, 0.3) is 0 Å². The molecule has 0 aliphatic heterocycles. The molecule has 0 spiro atoms. The highest BCUT2D eigenvalue weighted by Crippen LogP contribution is 2.39. The lowest BCUT2D eigenvalue weighted by molar-refractivity contribution is 0.863. The first kappa shape index (κ1) is 9.87. The second kappa shape index (κ2) is 3.61. The molecule has 0 amide bonds. The number of nitrogens with one attached hydrogen (secondary N) is 1. The molecule has 1 heterocycles. The van der Waals surface area contributed by atoms with Crippen LogP contribution in [0.1, 0.15) is 43.0 Å². The number of anilines is 2. The van der Waals surface area contributed by atoms with Gasteiger partial charge in [0.25, 0.3) is 0 Å². The van der Waals surface area contributed by atoms with Gasteiger partial charge < -0.3 is 11.1 Å². The van der Waals surface area contributed by atoms with Gasteiger partial charge in [0.2, 0.25) is 0 Å². The molecule has 3 N–H and O–H groups in total. The highest BCUT2D eigenvalue weighted by atomic mass is 15.1. The van der Waals surface area contributed by atoms with E-state index in [1.54, 1.807) is 0 Å². The molecule has 3 rings (SSSR count). The third-order valence-electron chi connectivity index (χ3n) is 3.40. The van der Waals surface area contributed by atoms with E-state index < -0.39 is 0 Å². The summed E-state index contributed by atoms with van der Waals surface area (Å²) < 4.78 is 0. The largest absolute Gasteiger partial charge is 0.383 e. The normalized spacial score (nSPS) is 19.8. The molecule has 4 nitrogen and oxygen atoms in total. The van der Waals surface area contributed by atoms with Crippen molar-refractivity contribution in [3.63, 3.8) is 0 Å². The summed E-state index contributed by atoms with van der Waals surface area (Å²) in [6, 6.07) is 0. The van der Waals surface area contributed by atoms with Gasteiger partial charge in [0.05, 0.1) is 0 Å². The summed E-state index contributed by atoms with van der Waals surface area (Å²) >= 11 is 0. The van der Waals surface area contributed by atoms with Gasteiger partial charge in [0.15, 0.2) is 0 Å². The fraction of sp³-hybridized carbons (Fsp3) is 0.667. The van der Waals surface area contributed by atoms with E-state index in [0.717, 1.165) is 29.7 Å². The Morgan fingerprint density at radius 2 is 2.00 bits per heavy atom. The van der Waals surface area contributed by atoms with E-state index >= 15 is 0 Å². The molecule has 4 heteroatoms. The van der Waals surface area contributed by atoms with Crippen molar-refractivity contribution in [3.05, 3.63) is 11.4 Å². The maximum absolute atomic E-state index is 5.92. The van der Waals surface area contributed by atoms with Crippen molar-refractivity contribution >= 4 is 11.6 Å². The predicted octanol–water partition coefficient (Wildman–Crippen LogP) is 2.07. The molecular formula is C12H18N4. The summed E-state index contributed by atoms with van der Waals surface area (Å²) in [5.74, 6) is 3.92. The number of nitrogens with zero attached hydrogens (tertiary/aromatic N) is 2. The third-order valence-corrected chi connectivity index (χ3v) is 3.40. The van der Waals surface area contributed by atoms with Gasteiger partial charge in [-0.05, 0) is 38.5 Å². The highest BCUT2D eigenvalue weighted by molar-refractivity contribution is 5.55. The SMILES string of the molecule is Cc1c(N)nc(C2CC2)nc1NCC1CC1. The monoisotopic (exact) mass is 218 g/mol. The summed E-state index contributed by atoms with van der Waals surface area (Å²) in [5, 5.41) is 3.41. The van der Waals surface area contributed by atoms with Crippen molar-refractivity contribution in [1.29, 1.82) is 0 Å². The molecule has 16 heavy (non-hydrogen) atoms. The van der Waals surface area contributed by atoms with Crippen molar-refractivity contribution in [2.75, 3.05) is 17.6 Å². The molecule has 2 aliphatic carbocycles. The van der Waals surface area contributed by atoms with Crippen LogP contribution < -0.4 is 11.1 Å². The number of nitrogens with two attached hydrogens (primary N) is 1. The predicted molar refractivity (Wildman–Crippen MR) is 64.4 cm³/mol. The van der Waals surface area contributed by atoms with Crippen LogP contribution in [-0.2, 0) is 0 Å². The minimum atomic E-state index is 0.560. The lowest BCUT2D eigenvalue weighted by atomic mass is 10.2. The van der Waals surface area contributed by atoms with Crippen molar-refractivity contribution in [3.8, 4) is 0 Å².